The average Bonchev–Trinajstić information content (AvgIpc) is 2.34. The highest BCUT2D eigenvalue weighted by molar-refractivity contribution is 6.70. The number of allylic oxidation sites excluding steroid dienone is 2. The van der Waals surface area contributed by atoms with Crippen molar-refractivity contribution in [3.8, 4) is 0 Å². The van der Waals surface area contributed by atoms with Gasteiger partial charge < -0.3 is 14.1 Å². The van der Waals surface area contributed by atoms with Crippen molar-refractivity contribution >= 4 is 14.4 Å². The fourth-order valence-electron chi connectivity index (χ4n) is 3.20. The smallest absolute Gasteiger partial charge is 0.410 e. The third-order valence-corrected chi connectivity index (χ3v) is 4.92. The topological polar surface area (TPSA) is 38.8 Å². The van der Waals surface area contributed by atoms with Crippen LogP contribution in [0.1, 0.15) is 40.0 Å². The van der Waals surface area contributed by atoms with Gasteiger partial charge in [0.15, 0.2) is 0 Å². The fraction of sp³-hybridized carbons (Fsp3) is 0.824. The maximum absolute atomic E-state index is 12.2. The molecular formula is C17H31NO3Si. The molecule has 1 aliphatic carbocycles. The maximum Gasteiger partial charge on any atom is 0.410 e. The van der Waals surface area contributed by atoms with Crippen LogP contribution in [0.2, 0.25) is 19.6 Å². The van der Waals surface area contributed by atoms with E-state index in [0.29, 0.717) is 11.8 Å². The van der Waals surface area contributed by atoms with E-state index >= 15 is 0 Å². The molecule has 22 heavy (non-hydrogen) atoms. The first-order chi connectivity index (χ1) is 10.0. The van der Waals surface area contributed by atoms with Gasteiger partial charge in [0.25, 0.3) is 0 Å². The summed E-state index contributed by atoms with van der Waals surface area (Å²) in [6.07, 6.45) is 5.30. The number of rotatable bonds is 2. The maximum atomic E-state index is 12.2. The molecule has 2 rings (SSSR count). The van der Waals surface area contributed by atoms with Crippen molar-refractivity contribution in [3.63, 3.8) is 0 Å². The van der Waals surface area contributed by atoms with Gasteiger partial charge in [-0.25, -0.2) is 4.79 Å². The molecule has 126 valence electrons. The third kappa shape index (κ3) is 5.04. The molecule has 1 aliphatic heterocycles. The molecule has 0 aromatic heterocycles. The molecule has 0 radical (unpaired) electrons. The Morgan fingerprint density at radius 3 is 2.55 bits per heavy atom. The largest absolute Gasteiger partial charge is 0.548 e. The number of hydrogen-bond acceptors (Lipinski definition) is 3. The number of piperidine rings is 1. The van der Waals surface area contributed by atoms with Gasteiger partial charge in [-0.05, 0) is 71.2 Å². The highest BCUT2D eigenvalue weighted by Crippen LogP contribution is 2.36. The van der Waals surface area contributed by atoms with Crippen molar-refractivity contribution in [3.05, 3.63) is 11.8 Å². The number of carbonyl (C=O) groups excluding carboxylic acids is 1. The molecule has 5 heteroatoms. The molecule has 1 fully saturated rings. The second-order valence-corrected chi connectivity index (χ2v) is 13.0. The predicted octanol–water partition coefficient (Wildman–Crippen LogP) is 4.39. The highest BCUT2D eigenvalue weighted by Gasteiger charge is 2.35. The number of carbonyl (C=O) groups is 1. The van der Waals surface area contributed by atoms with E-state index in [9.17, 15) is 4.79 Å². The van der Waals surface area contributed by atoms with Gasteiger partial charge in [-0.3, -0.25) is 0 Å². The summed E-state index contributed by atoms with van der Waals surface area (Å²) in [7, 11) is -1.51. The molecule has 0 bridgehead atoms. The molecule has 0 unspecified atom stereocenters. The molecule has 1 amide bonds. The Balaban J connectivity index is 1.93. The Morgan fingerprint density at radius 1 is 1.27 bits per heavy atom. The summed E-state index contributed by atoms with van der Waals surface area (Å²) >= 11 is 0. The van der Waals surface area contributed by atoms with Gasteiger partial charge in [0.05, 0.1) is 5.76 Å². The molecule has 4 nitrogen and oxygen atoms in total. The first-order valence-corrected chi connectivity index (χ1v) is 11.8. The van der Waals surface area contributed by atoms with E-state index in [4.69, 9.17) is 9.16 Å². The van der Waals surface area contributed by atoms with Crippen LogP contribution in [0.5, 0.6) is 0 Å². The zero-order chi connectivity index (χ0) is 16.5. The summed E-state index contributed by atoms with van der Waals surface area (Å²) in [5, 5.41) is 0. The lowest BCUT2D eigenvalue weighted by Gasteiger charge is -2.41. The lowest BCUT2D eigenvalue weighted by atomic mass is 9.78. The van der Waals surface area contributed by atoms with Gasteiger partial charge in [-0.15, -0.1) is 0 Å². The monoisotopic (exact) mass is 325 g/mol. The van der Waals surface area contributed by atoms with Crippen molar-refractivity contribution in [2.45, 2.75) is 65.3 Å². The Bertz CT molecular complexity index is 448. The second-order valence-electron chi connectivity index (χ2n) is 8.53. The van der Waals surface area contributed by atoms with Crippen molar-refractivity contribution in [2.24, 2.45) is 11.8 Å². The summed E-state index contributed by atoms with van der Waals surface area (Å²) < 4.78 is 11.7. The van der Waals surface area contributed by atoms with E-state index in [0.717, 1.165) is 32.4 Å². The zero-order valence-electron chi connectivity index (χ0n) is 14.9. The minimum atomic E-state index is -1.51. The number of amides is 1. The molecule has 0 N–H and O–H groups in total. The Labute approximate surface area is 136 Å². The summed E-state index contributed by atoms with van der Waals surface area (Å²) in [6.45, 7) is 14.0. The number of hydrogen-bond donors (Lipinski definition) is 0. The lowest BCUT2D eigenvalue weighted by Crippen LogP contribution is -2.46. The van der Waals surface area contributed by atoms with E-state index in [1.54, 1.807) is 0 Å². The van der Waals surface area contributed by atoms with Crippen molar-refractivity contribution in [2.75, 3.05) is 13.1 Å². The summed E-state index contributed by atoms with van der Waals surface area (Å²) in [4.78, 5) is 14.1. The summed E-state index contributed by atoms with van der Waals surface area (Å²) in [5.41, 5.74) is -0.418. The molecule has 0 saturated carbocycles. The van der Waals surface area contributed by atoms with E-state index in [1.165, 1.54) is 5.76 Å². The predicted molar refractivity (Wildman–Crippen MR) is 91.2 cm³/mol. The van der Waals surface area contributed by atoms with E-state index in [1.807, 2.05) is 25.7 Å². The van der Waals surface area contributed by atoms with Crippen LogP contribution in [-0.2, 0) is 9.16 Å². The number of ether oxygens (including phenoxy) is 1. The Hall–Kier alpha value is -0.973. The van der Waals surface area contributed by atoms with Crippen molar-refractivity contribution < 1.29 is 14.0 Å². The van der Waals surface area contributed by atoms with Crippen LogP contribution < -0.4 is 0 Å². The molecular weight excluding hydrogens is 294 g/mol. The van der Waals surface area contributed by atoms with Crippen molar-refractivity contribution in [1.82, 2.24) is 4.90 Å². The van der Waals surface area contributed by atoms with Crippen molar-refractivity contribution in [1.29, 1.82) is 0 Å². The van der Waals surface area contributed by atoms with Crippen LogP contribution in [0.4, 0.5) is 4.79 Å². The first kappa shape index (κ1) is 17.4. The van der Waals surface area contributed by atoms with Crippen LogP contribution in [0.25, 0.3) is 0 Å². The second kappa shape index (κ2) is 6.26. The molecule has 2 aliphatic rings. The van der Waals surface area contributed by atoms with E-state index < -0.39 is 13.9 Å². The van der Waals surface area contributed by atoms with Crippen LogP contribution in [0, 0.1) is 11.8 Å². The van der Waals surface area contributed by atoms with Gasteiger partial charge in [0.1, 0.15) is 5.60 Å². The normalized spacial score (nSPS) is 26.1. The van der Waals surface area contributed by atoms with Gasteiger partial charge in [0.2, 0.25) is 8.32 Å². The molecule has 0 spiro atoms. The molecule has 1 saturated heterocycles. The Kier molecular flexibility index (Phi) is 4.95. The zero-order valence-corrected chi connectivity index (χ0v) is 15.9. The first-order valence-electron chi connectivity index (χ1n) is 8.41. The quantitative estimate of drug-likeness (QED) is 0.707. The van der Waals surface area contributed by atoms with Crippen LogP contribution in [-0.4, -0.2) is 38.0 Å². The average molecular weight is 326 g/mol. The number of nitrogens with zero attached hydrogens (tertiary/aromatic N) is 1. The van der Waals surface area contributed by atoms with Gasteiger partial charge in [-0.2, -0.15) is 0 Å². The molecule has 1 heterocycles. The van der Waals surface area contributed by atoms with Gasteiger partial charge >= 0.3 is 6.09 Å². The minimum Gasteiger partial charge on any atom is -0.548 e. The van der Waals surface area contributed by atoms with Crippen LogP contribution in [0.15, 0.2) is 11.8 Å². The third-order valence-electron chi connectivity index (χ3n) is 4.04. The van der Waals surface area contributed by atoms with Crippen LogP contribution in [0.3, 0.4) is 0 Å². The fourth-order valence-corrected chi connectivity index (χ4v) is 4.15. The van der Waals surface area contributed by atoms with E-state index in [-0.39, 0.29) is 6.09 Å². The van der Waals surface area contributed by atoms with E-state index in [2.05, 4.69) is 25.7 Å². The van der Waals surface area contributed by atoms with Gasteiger partial charge in [-0.1, -0.05) is 0 Å². The molecule has 0 aromatic rings. The molecule has 0 aromatic carbocycles. The van der Waals surface area contributed by atoms with Gasteiger partial charge in [0, 0.05) is 19.5 Å². The number of likely N-dealkylation sites (tertiary alicyclic amines) is 1. The summed E-state index contributed by atoms with van der Waals surface area (Å²) in [5.74, 6) is 2.29. The highest BCUT2D eigenvalue weighted by atomic mass is 28.4. The standard InChI is InChI=1S/C17H31NO3Si/c1-17(2,3)20-16(19)18-10-9-13-11-15(21-22(4,5)6)8-7-14(13)12-18/h11,13-14H,7-10,12H2,1-6H3/t13-,14+/m0/s1. The minimum absolute atomic E-state index is 0.168. The lowest BCUT2D eigenvalue weighted by molar-refractivity contribution is 0.0113. The summed E-state index contributed by atoms with van der Waals surface area (Å²) in [6, 6.07) is 0. The SMILES string of the molecule is CC(C)(C)OC(=O)N1CC[C@H]2C=C(O[Si](C)(C)C)CC[C@@H]2C1. The van der Waals surface area contributed by atoms with Crippen LogP contribution >= 0.6 is 0 Å². The molecule has 2 atom stereocenters. The Morgan fingerprint density at radius 2 is 1.95 bits per heavy atom. The number of fused-ring (bicyclic) bond motifs is 1.